The summed E-state index contributed by atoms with van der Waals surface area (Å²) in [7, 11) is 1.94. The third-order valence-corrected chi connectivity index (χ3v) is 1.61. The Morgan fingerprint density at radius 3 is 2.89 bits per heavy atom. The monoisotopic (exact) mass is 143 g/mol. The molecule has 0 spiro atoms. The van der Waals surface area contributed by atoms with Crippen molar-refractivity contribution in [3.63, 3.8) is 0 Å². The fourth-order valence-corrected chi connectivity index (χ4v) is 0.897. The zero-order valence-corrected chi connectivity index (χ0v) is 6.63. The Morgan fingerprint density at radius 1 is 1.78 bits per heavy atom. The predicted molar refractivity (Wildman–Crippen MR) is 45.5 cm³/mol. The van der Waals surface area contributed by atoms with Crippen LogP contribution in [0.2, 0.25) is 0 Å². The van der Waals surface area contributed by atoms with Crippen LogP contribution in [0, 0.1) is 0 Å². The Bertz CT molecular complexity index is 99.1. The van der Waals surface area contributed by atoms with Crippen LogP contribution < -0.4 is 5.32 Å². The maximum absolute atomic E-state index is 3.83. The average Bonchev–Trinajstić information content (AvgIpc) is 1.85. The van der Waals surface area contributed by atoms with Gasteiger partial charge in [0.15, 0.2) is 0 Å². The standard InChI is InChI=1S/C7H13NS/c1-4-9-7(2)5-6-8-3/h4,8H,1-2,5-6H2,3H3. The molecule has 0 aliphatic heterocycles. The zero-order chi connectivity index (χ0) is 7.11. The first-order valence-corrected chi connectivity index (χ1v) is 3.79. The van der Waals surface area contributed by atoms with Crippen molar-refractivity contribution >= 4 is 11.8 Å². The Hall–Kier alpha value is -0.210. The van der Waals surface area contributed by atoms with Crippen LogP contribution >= 0.6 is 11.8 Å². The van der Waals surface area contributed by atoms with E-state index in [1.54, 1.807) is 17.2 Å². The quantitative estimate of drug-likeness (QED) is 0.631. The van der Waals surface area contributed by atoms with Gasteiger partial charge in [-0.1, -0.05) is 13.2 Å². The Kier molecular flexibility index (Phi) is 5.78. The van der Waals surface area contributed by atoms with Gasteiger partial charge in [0.25, 0.3) is 0 Å². The van der Waals surface area contributed by atoms with Gasteiger partial charge in [0.05, 0.1) is 0 Å². The van der Waals surface area contributed by atoms with Gasteiger partial charge in [-0.2, -0.15) is 0 Å². The molecule has 0 aromatic rings. The minimum absolute atomic E-state index is 1.000. The molecular formula is C7H13NS. The van der Waals surface area contributed by atoms with Crippen LogP contribution in [0.5, 0.6) is 0 Å². The average molecular weight is 143 g/mol. The lowest BCUT2D eigenvalue weighted by Gasteiger charge is -1.98. The molecule has 0 bridgehead atoms. The van der Waals surface area contributed by atoms with Gasteiger partial charge < -0.3 is 5.32 Å². The summed E-state index contributed by atoms with van der Waals surface area (Å²) in [5.41, 5.74) is 0. The van der Waals surface area contributed by atoms with Crippen molar-refractivity contribution < 1.29 is 0 Å². The minimum Gasteiger partial charge on any atom is -0.319 e. The Labute approximate surface area is 61.2 Å². The van der Waals surface area contributed by atoms with Gasteiger partial charge in [0.1, 0.15) is 0 Å². The maximum Gasteiger partial charge on any atom is -0.000641 e. The normalized spacial score (nSPS) is 9.00. The van der Waals surface area contributed by atoms with E-state index in [0.717, 1.165) is 13.0 Å². The molecule has 0 aromatic carbocycles. The summed E-state index contributed by atoms with van der Waals surface area (Å²) in [6.07, 6.45) is 1.02. The maximum atomic E-state index is 3.83. The fourth-order valence-electron chi connectivity index (χ4n) is 0.441. The van der Waals surface area contributed by atoms with Crippen LogP contribution in [-0.2, 0) is 0 Å². The molecule has 0 aliphatic carbocycles. The predicted octanol–water partition coefficient (Wildman–Crippen LogP) is 1.99. The first-order valence-electron chi connectivity index (χ1n) is 2.91. The van der Waals surface area contributed by atoms with Crippen LogP contribution in [0.15, 0.2) is 23.5 Å². The van der Waals surface area contributed by atoms with Gasteiger partial charge in [0.2, 0.25) is 0 Å². The van der Waals surface area contributed by atoms with Crippen LogP contribution in [0.25, 0.3) is 0 Å². The Morgan fingerprint density at radius 2 is 2.44 bits per heavy atom. The highest BCUT2D eigenvalue weighted by Crippen LogP contribution is 2.15. The molecule has 0 aliphatic rings. The second-order valence-corrected chi connectivity index (χ2v) is 2.82. The van der Waals surface area contributed by atoms with E-state index in [2.05, 4.69) is 18.5 Å². The molecule has 0 heterocycles. The SMILES string of the molecule is C=CSC(=C)CCNC. The van der Waals surface area contributed by atoms with Crippen molar-refractivity contribution in [2.75, 3.05) is 13.6 Å². The van der Waals surface area contributed by atoms with Gasteiger partial charge in [-0.05, 0) is 30.3 Å². The highest BCUT2D eigenvalue weighted by atomic mass is 32.2. The van der Waals surface area contributed by atoms with Crippen molar-refractivity contribution in [3.8, 4) is 0 Å². The number of nitrogens with one attached hydrogen (secondary N) is 1. The van der Waals surface area contributed by atoms with E-state index in [1.807, 2.05) is 7.05 Å². The highest BCUT2D eigenvalue weighted by Gasteiger charge is 1.88. The van der Waals surface area contributed by atoms with E-state index in [4.69, 9.17) is 0 Å². The smallest absolute Gasteiger partial charge is 0.000641 e. The zero-order valence-electron chi connectivity index (χ0n) is 5.81. The molecule has 2 heteroatoms. The molecule has 52 valence electrons. The number of rotatable bonds is 5. The van der Waals surface area contributed by atoms with Crippen molar-refractivity contribution in [1.82, 2.24) is 5.32 Å². The molecule has 0 atom stereocenters. The second-order valence-electron chi connectivity index (χ2n) is 1.68. The molecule has 0 amide bonds. The lowest BCUT2D eigenvalue weighted by atomic mass is 10.4. The molecule has 9 heavy (non-hydrogen) atoms. The van der Waals surface area contributed by atoms with E-state index in [9.17, 15) is 0 Å². The van der Waals surface area contributed by atoms with Crippen LogP contribution in [0.3, 0.4) is 0 Å². The van der Waals surface area contributed by atoms with E-state index in [-0.39, 0.29) is 0 Å². The number of thioether (sulfide) groups is 1. The summed E-state index contributed by atoms with van der Waals surface area (Å²) < 4.78 is 0. The van der Waals surface area contributed by atoms with Crippen molar-refractivity contribution in [3.05, 3.63) is 23.5 Å². The topological polar surface area (TPSA) is 12.0 Å². The summed E-state index contributed by atoms with van der Waals surface area (Å²) in [5.74, 6) is 0. The van der Waals surface area contributed by atoms with Crippen molar-refractivity contribution in [1.29, 1.82) is 0 Å². The molecule has 0 aromatic heterocycles. The van der Waals surface area contributed by atoms with Crippen LogP contribution in [0.4, 0.5) is 0 Å². The summed E-state index contributed by atoms with van der Waals surface area (Å²) in [4.78, 5) is 1.17. The van der Waals surface area contributed by atoms with Gasteiger partial charge in [-0.25, -0.2) is 0 Å². The third-order valence-electron chi connectivity index (χ3n) is 0.904. The van der Waals surface area contributed by atoms with Gasteiger partial charge in [0, 0.05) is 0 Å². The molecule has 0 rings (SSSR count). The molecule has 0 unspecified atom stereocenters. The second kappa shape index (κ2) is 5.92. The van der Waals surface area contributed by atoms with Crippen LogP contribution in [-0.4, -0.2) is 13.6 Å². The van der Waals surface area contributed by atoms with E-state index in [1.165, 1.54) is 4.91 Å². The van der Waals surface area contributed by atoms with E-state index < -0.39 is 0 Å². The van der Waals surface area contributed by atoms with Gasteiger partial charge in [-0.3, -0.25) is 0 Å². The molecule has 1 nitrogen and oxygen atoms in total. The first kappa shape index (κ1) is 8.79. The molecule has 1 N–H and O–H groups in total. The first-order chi connectivity index (χ1) is 4.31. The lowest BCUT2D eigenvalue weighted by molar-refractivity contribution is 0.804. The summed E-state index contributed by atoms with van der Waals surface area (Å²) in [5, 5.41) is 4.85. The molecular weight excluding hydrogens is 130 g/mol. The highest BCUT2D eigenvalue weighted by molar-refractivity contribution is 8.05. The molecule has 0 fully saturated rings. The summed E-state index contributed by atoms with van der Waals surface area (Å²) in [6.45, 7) is 8.42. The van der Waals surface area contributed by atoms with Gasteiger partial charge in [-0.15, -0.1) is 11.8 Å². The summed E-state index contributed by atoms with van der Waals surface area (Å²) in [6, 6.07) is 0. The fraction of sp³-hybridized carbons (Fsp3) is 0.429. The lowest BCUT2D eigenvalue weighted by Crippen LogP contribution is -2.06. The van der Waals surface area contributed by atoms with Crippen LogP contribution in [0.1, 0.15) is 6.42 Å². The third kappa shape index (κ3) is 5.66. The number of hydrogen-bond acceptors (Lipinski definition) is 2. The molecule has 0 radical (unpaired) electrons. The summed E-state index contributed by atoms with van der Waals surface area (Å²) >= 11 is 1.60. The van der Waals surface area contributed by atoms with Crippen molar-refractivity contribution in [2.24, 2.45) is 0 Å². The van der Waals surface area contributed by atoms with Gasteiger partial charge >= 0.3 is 0 Å². The number of hydrogen-bond donors (Lipinski definition) is 1. The Balaban J connectivity index is 3.16. The minimum atomic E-state index is 1.000. The molecule has 0 saturated carbocycles. The molecule has 0 saturated heterocycles. The van der Waals surface area contributed by atoms with E-state index in [0.29, 0.717) is 0 Å². The van der Waals surface area contributed by atoms with Crippen molar-refractivity contribution in [2.45, 2.75) is 6.42 Å². The largest absolute Gasteiger partial charge is 0.319 e. The van der Waals surface area contributed by atoms with E-state index >= 15 is 0 Å².